The summed E-state index contributed by atoms with van der Waals surface area (Å²) in [4.78, 5) is 26.1. The van der Waals surface area contributed by atoms with Crippen molar-refractivity contribution < 1.29 is 19.1 Å². The fourth-order valence-corrected chi connectivity index (χ4v) is 3.27. The van der Waals surface area contributed by atoms with Crippen LogP contribution in [-0.4, -0.2) is 50.2 Å². The van der Waals surface area contributed by atoms with Gasteiger partial charge < -0.3 is 25.0 Å². The second kappa shape index (κ2) is 8.03. The number of nitrogens with zero attached hydrogens (tertiary/aromatic N) is 1. The van der Waals surface area contributed by atoms with Crippen molar-refractivity contribution in [3.05, 3.63) is 17.2 Å². The van der Waals surface area contributed by atoms with Crippen molar-refractivity contribution in [1.29, 1.82) is 0 Å². The molecule has 1 heterocycles. The molecule has 2 N–H and O–H groups in total. The second-order valence-corrected chi connectivity index (χ2v) is 7.07. The number of anilines is 1. The monoisotopic (exact) mass is 381 g/mol. The summed E-state index contributed by atoms with van der Waals surface area (Å²) in [5.41, 5.74) is 0.503. The lowest BCUT2D eigenvalue weighted by molar-refractivity contribution is -0.123. The summed E-state index contributed by atoms with van der Waals surface area (Å²) in [6.45, 7) is 1.18. The average molecular weight is 382 g/mol. The van der Waals surface area contributed by atoms with E-state index in [-0.39, 0.29) is 23.9 Å². The lowest BCUT2D eigenvalue weighted by Crippen LogP contribution is -2.48. The highest BCUT2D eigenvalue weighted by atomic mass is 35.5. The Bertz CT molecular complexity index is 685. The van der Waals surface area contributed by atoms with Gasteiger partial charge in [0, 0.05) is 37.2 Å². The Kier molecular flexibility index (Phi) is 5.76. The number of benzene rings is 1. The van der Waals surface area contributed by atoms with Gasteiger partial charge in [-0.05, 0) is 25.7 Å². The molecule has 2 aliphatic rings. The highest BCUT2D eigenvalue weighted by Crippen LogP contribution is 2.36. The van der Waals surface area contributed by atoms with Gasteiger partial charge in [-0.1, -0.05) is 11.6 Å². The smallest absolute Gasteiger partial charge is 0.321 e. The Morgan fingerprint density at radius 3 is 2.31 bits per heavy atom. The molecule has 26 heavy (non-hydrogen) atoms. The minimum absolute atomic E-state index is 0.150. The maximum Gasteiger partial charge on any atom is 0.321 e. The number of carbonyl (C=O) groups excluding carboxylic acids is 2. The first-order valence-electron chi connectivity index (χ1n) is 8.79. The lowest BCUT2D eigenvalue weighted by atomic mass is 10.1. The van der Waals surface area contributed by atoms with Crippen molar-refractivity contribution in [2.75, 3.05) is 32.6 Å². The van der Waals surface area contributed by atoms with Crippen molar-refractivity contribution in [2.24, 2.45) is 5.92 Å². The van der Waals surface area contributed by atoms with Crippen LogP contribution in [0, 0.1) is 5.92 Å². The summed E-state index contributed by atoms with van der Waals surface area (Å²) in [7, 11) is 3.03. The molecule has 2 fully saturated rings. The van der Waals surface area contributed by atoms with E-state index in [1.807, 2.05) is 0 Å². The summed E-state index contributed by atoms with van der Waals surface area (Å²) in [5, 5.41) is 6.35. The number of urea groups is 1. The molecule has 0 unspecified atom stereocenters. The van der Waals surface area contributed by atoms with E-state index in [9.17, 15) is 9.59 Å². The topological polar surface area (TPSA) is 79.9 Å². The van der Waals surface area contributed by atoms with Crippen LogP contribution in [0.1, 0.15) is 25.7 Å². The molecule has 3 rings (SSSR count). The first-order valence-corrected chi connectivity index (χ1v) is 9.17. The minimum Gasteiger partial charge on any atom is -0.495 e. The van der Waals surface area contributed by atoms with Crippen LogP contribution in [0.4, 0.5) is 10.5 Å². The van der Waals surface area contributed by atoms with E-state index in [1.165, 1.54) is 14.2 Å². The van der Waals surface area contributed by atoms with Crippen molar-refractivity contribution in [3.8, 4) is 11.5 Å². The van der Waals surface area contributed by atoms with Gasteiger partial charge in [0.1, 0.15) is 11.5 Å². The highest BCUT2D eigenvalue weighted by Gasteiger charge is 2.32. The van der Waals surface area contributed by atoms with Gasteiger partial charge in [0.05, 0.1) is 24.9 Å². The molecular weight excluding hydrogens is 358 g/mol. The van der Waals surface area contributed by atoms with E-state index in [1.54, 1.807) is 17.0 Å². The summed E-state index contributed by atoms with van der Waals surface area (Å²) >= 11 is 6.09. The Morgan fingerprint density at radius 1 is 1.08 bits per heavy atom. The number of likely N-dealkylation sites (tertiary alicyclic amines) is 1. The average Bonchev–Trinajstić information content (AvgIpc) is 3.48. The molecule has 0 bridgehead atoms. The molecule has 1 aromatic rings. The standard InChI is InChI=1S/C18H24ClN3O4/c1-25-15-10-14(16(26-2)9-13(15)19)21-18(24)22-7-5-12(6-8-22)20-17(23)11-3-4-11/h9-12H,3-8H2,1-2H3,(H,20,23)(H,21,24). The third-order valence-electron chi connectivity index (χ3n) is 4.79. The lowest BCUT2D eigenvalue weighted by Gasteiger charge is -2.32. The number of methoxy groups -OCH3 is 2. The molecule has 142 valence electrons. The zero-order valence-electron chi connectivity index (χ0n) is 15.0. The predicted molar refractivity (Wildman–Crippen MR) is 99.0 cm³/mol. The van der Waals surface area contributed by atoms with Gasteiger partial charge in [-0.2, -0.15) is 0 Å². The van der Waals surface area contributed by atoms with Gasteiger partial charge >= 0.3 is 6.03 Å². The molecule has 1 saturated carbocycles. The number of carbonyl (C=O) groups is 2. The molecular formula is C18H24ClN3O4. The normalized spacial score (nSPS) is 17.6. The quantitative estimate of drug-likeness (QED) is 0.821. The Labute approximate surface area is 158 Å². The molecule has 0 aromatic heterocycles. The maximum absolute atomic E-state index is 12.6. The fourth-order valence-electron chi connectivity index (χ4n) is 3.04. The van der Waals surface area contributed by atoms with Gasteiger partial charge in [-0.3, -0.25) is 4.79 Å². The minimum atomic E-state index is -0.209. The Morgan fingerprint density at radius 2 is 1.73 bits per heavy atom. The second-order valence-electron chi connectivity index (χ2n) is 6.66. The fraction of sp³-hybridized carbons (Fsp3) is 0.556. The van der Waals surface area contributed by atoms with Gasteiger partial charge in [0.15, 0.2) is 0 Å². The first kappa shape index (κ1) is 18.6. The van der Waals surface area contributed by atoms with Crippen LogP contribution in [0.2, 0.25) is 5.02 Å². The van der Waals surface area contributed by atoms with Crippen molar-refractivity contribution >= 4 is 29.2 Å². The van der Waals surface area contributed by atoms with Crippen LogP contribution in [-0.2, 0) is 4.79 Å². The van der Waals surface area contributed by atoms with Crippen LogP contribution in [0.5, 0.6) is 11.5 Å². The third-order valence-corrected chi connectivity index (χ3v) is 5.09. The number of hydrogen-bond donors (Lipinski definition) is 2. The molecule has 0 spiro atoms. The molecule has 1 aliphatic carbocycles. The van der Waals surface area contributed by atoms with Crippen LogP contribution < -0.4 is 20.1 Å². The van der Waals surface area contributed by atoms with Crippen LogP contribution in [0.15, 0.2) is 12.1 Å². The largest absolute Gasteiger partial charge is 0.495 e. The van der Waals surface area contributed by atoms with Crippen molar-refractivity contribution in [1.82, 2.24) is 10.2 Å². The van der Waals surface area contributed by atoms with Crippen molar-refractivity contribution in [2.45, 2.75) is 31.7 Å². The number of rotatable bonds is 5. The summed E-state index contributed by atoms with van der Waals surface area (Å²) in [6, 6.07) is 3.19. The van der Waals surface area contributed by atoms with Gasteiger partial charge in [-0.25, -0.2) is 4.79 Å². The zero-order chi connectivity index (χ0) is 18.7. The molecule has 3 amide bonds. The molecule has 1 saturated heterocycles. The van der Waals surface area contributed by atoms with E-state index < -0.39 is 0 Å². The summed E-state index contributed by atoms with van der Waals surface area (Å²) in [5.74, 6) is 1.30. The van der Waals surface area contributed by atoms with E-state index in [4.69, 9.17) is 21.1 Å². The third kappa shape index (κ3) is 4.33. The molecule has 0 atom stereocenters. The van der Waals surface area contributed by atoms with E-state index in [2.05, 4.69) is 10.6 Å². The number of amides is 3. The van der Waals surface area contributed by atoms with Crippen LogP contribution >= 0.6 is 11.6 Å². The Hall–Kier alpha value is -2.15. The van der Waals surface area contributed by atoms with Crippen molar-refractivity contribution in [3.63, 3.8) is 0 Å². The van der Waals surface area contributed by atoms with E-state index in [0.717, 1.165) is 25.7 Å². The van der Waals surface area contributed by atoms with Gasteiger partial charge in [-0.15, -0.1) is 0 Å². The number of ether oxygens (including phenoxy) is 2. The zero-order valence-corrected chi connectivity index (χ0v) is 15.8. The van der Waals surface area contributed by atoms with Gasteiger partial charge in [0.25, 0.3) is 0 Å². The SMILES string of the molecule is COc1cc(NC(=O)N2CCC(NC(=O)C3CC3)CC2)c(OC)cc1Cl. The van der Waals surface area contributed by atoms with Gasteiger partial charge in [0.2, 0.25) is 5.91 Å². The number of piperidine rings is 1. The maximum atomic E-state index is 12.6. The molecule has 1 aliphatic heterocycles. The molecule has 0 radical (unpaired) electrons. The predicted octanol–water partition coefficient (Wildman–Crippen LogP) is 2.88. The number of halogens is 1. The number of nitrogens with one attached hydrogen (secondary N) is 2. The Balaban J connectivity index is 1.56. The molecule has 7 nitrogen and oxygen atoms in total. The van der Waals surface area contributed by atoms with E-state index >= 15 is 0 Å². The summed E-state index contributed by atoms with van der Waals surface area (Å²) in [6.07, 6.45) is 3.51. The van der Waals surface area contributed by atoms with E-state index in [0.29, 0.717) is 35.3 Å². The van der Waals surface area contributed by atoms with Crippen LogP contribution in [0.25, 0.3) is 0 Å². The van der Waals surface area contributed by atoms with Crippen LogP contribution in [0.3, 0.4) is 0 Å². The first-order chi connectivity index (χ1) is 12.5. The molecule has 1 aromatic carbocycles. The summed E-state index contributed by atoms with van der Waals surface area (Å²) < 4.78 is 10.5. The molecule has 8 heteroatoms. The highest BCUT2D eigenvalue weighted by molar-refractivity contribution is 6.32. The number of hydrogen-bond acceptors (Lipinski definition) is 4.